The zero-order valence-electron chi connectivity index (χ0n) is 15.0. The van der Waals surface area contributed by atoms with E-state index >= 15 is 0 Å². The maximum absolute atomic E-state index is 12.7. The highest BCUT2D eigenvalue weighted by Gasteiger charge is 2.25. The average molecular weight is 377 g/mol. The van der Waals surface area contributed by atoms with E-state index in [-0.39, 0.29) is 17.5 Å². The normalized spacial score (nSPS) is 15.6. The maximum atomic E-state index is 12.7. The molecule has 1 aliphatic rings. The summed E-state index contributed by atoms with van der Waals surface area (Å²) in [4.78, 5) is 38.9. The third-order valence-corrected chi connectivity index (χ3v) is 4.92. The van der Waals surface area contributed by atoms with E-state index in [9.17, 15) is 14.4 Å². The van der Waals surface area contributed by atoms with Gasteiger partial charge in [0.2, 0.25) is 0 Å². The fraction of sp³-hybridized carbons (Fsp3) is 0.200. The lowest BCUT2D eigenvalue weighted by atomic mass is 9.90. The largest absolute Gasteiger partial charge is 0.365 e. The number of primary amides is 1. The molecule has 4 N–H and O–H groups in total. The number of nitrogens with one attached hydrogen (secondary N) is 2. The lowest BCUT2D eigenvalue weighted by Gasteiger charge is -2.26. The molecule has 1 atom stereocenters. The summed E-state index contributed by atoms with van der Waals surface area (Å²) in [5.41, 5.74) is 7.54. The Morgan fingerprint density at radius 2 is 2.04 bits per heavy atom. The molecule has 0 spiro atoms. The number of aromatic nitrogens is 3. The lowest BCUT2D eigenvalue weighted by Crippen LogP contribution is -2.34. The van der Waals surface area contributed by atoms with Crippen LogP contribution < -0.4 is 16.6 Å². The molecule has 0 radical (unpaired) electrons. The average Bonchev–Trinajstić information content (AvgIpc) is 3.22. The molecular formula is C20H19N5O3. The van der Waals surface area contributed by atoms with Crippen molar-refractivity contribution in [3.05, 3.63) is 81.5 Å². The number of fused-ring (bicyclic) bond motifs is 1. The highest BCUT2D eigenvalue weighted by atomic mass is 16.2. The van der Waals surface area contributed by atoms with E-state index in [0.29, 0.717) is 18.4 Å². The van der Waals surface area contributed by atoms with Crippen molar-refractivity contribution in [1.82, 2.24) is 20.1 Å². The van der Waals surface area contributed by atoms with Gasteiger partial charge < -0.3 is 16.0 Å². The number of carbonyl (C=O) groups excluding carboxylic acids is 2. The Balaban J connectivity index is 1.57. The number of aromatic amines is 1. The van der Waals surface area contributed by atoms with Crippen LogP contribution in [-0.4, -0.2) is 26.6 Å². The van der Waals surface area contributed by atoms with Crippen molar-refractivity contribution in [2.45, 2.75) is 25.3 Å². The van der Waals surface area contributed by atoms with Gasteiger partial charge in [0.15, 0.2) is 0 Å². The van der Waals surface area contributed by atoms with E-state index in [0.717, 1.165) is 23.4 Å². The van der Waals surface area contributed by atoms with Gasteiger partial charge >= 0.3 is 0 Å². The topological polar surface area (TPSA) is 123 Å². The standard InChI is InChI=1S/C20H19N5O3/c21-18(26)15-11-14-16(3-1-4-17(14)24-20(15)28)23-19(27)12-5-7-13(8-6-12)25-10-2-9-22-25/h2,5-11,16H,1,3-4H2,(H2,21,26)(H,23,27)(H,24,28). The van der Waals surface area contributed by atoms with Crippen LogP contribution in [0.15, 0.2) is 53.6 Å². The molecule has 3 aromatic rings. The van der Waals surface area contributed by atoms with Crippen molar-refractivity contribution in [3.8, 4) is 5.69 Å². The molecule has 2 heterocycles. The minimum Gasteiger partial charge on any atom is -0.365 e. The summed E-state index contributed by atoms with van der Waals surface area (Å²) in [5, 5.41) is 7.15. The summed E-state index contributed by atoms with van der Waals surface area (Å²) in [7, 11) is 0. The van der Waals surface area contributed by atoms with E-state index in [2.05, 4.69) is 15.4 Å². The van der Waals surface area contributed by atoms with E-state index in [1.807, 2.05) is 24.4 Å². The lowest BCUT2D eigenvalue weighted by molar-refractivity contribution is 0.0932. The van der Waals surface area contributed by atoms with Crippen LogP contribution in [0, 0.1) is 0 Å². The van der Waals surface area contributed by atoms with Crippen LogP contribution in [0.2, 0.25) is 0 Å². The first-order valence-electron chi connectivity index (χ1n) is 9.00. The van der Waals surface area contributed by atoms with Gasteiger partial charge in [0.05, 0.1) is 11.7 Å². The summed E-state index contributed by atoms with van der Waals surface area (Å²) in [6.45, 7) is 0. The summed E-state index contributed by atoms with van der Waals surface area (Å²) < 4.78 is 1.71. The van der Waals surface area contributed by atoms with Crippen molar-refractivity contribution in [2.24, 2.45) is 5.73 Å². The van der Waals surface area contributed by atoms with Gasteiger partial charge in [-0.3, -0.25) is 14.4 Å². The molecular weight excluding hydrogens is 358 g/mol. The van der Waals surface area contributed by atoms with E-state index < -0.39 is 11.5 Å². The first-order valence-corrected chi connectivity index (χ1v) is 9.00. The van der Waals surface area contributed by atoms with Crippen LogP contribution in [0.4, 0.5) is 0 Å². The second-order valence-electron chi connectivity index (χ2n) is 6.73. The molecule has 28 heavy (non-hydrogen) atoms. The number of rotatable bonds is 4. The van der Waals surface area contributed by atoms with E-state index in [1.54, 1.807) is 23.0 Å². The van der Waals surface area contributed by atoms with E-state index in [4.69, 9.17) is 5.73 Å². The van der Waals surface area contributed by atoms with Crippen molar-refractivity contribution in [3.63, 3.8) is 0 Å². The first-order chi connectivity index (χ1) is 13.5. The fourth-order valence-corrected chi connectivity index (χ4v) is 3.50. The molecule has 0 bridgehead atoms. The molecule has 0 saturated carbocycles. The Labute approximate surface area is 160 Å². The van der Waals surface area contributed by atoms with Crippen LogP contribution >= 0.6 is 0 Å². The van der Waals surface area contributed by atoms with Gasteiger partial charge in [-0.1, -0.05) is 0 Å². The Bertz CT molecular complexity index is 1080. The highest BCUT2D eigenvalue weighted by Crippen LogP contribution is 2.28. The van der Waals surface area contributed by atoms with Crippen molar-refractivity contribution < 1.29 is 9.59 Å². The summed E-state index contributed by atoms with van der Waals surface area (Å²) >= 11 is 0. The van der Waals surface area contributed by atoms with Gasteiger partial charge in [-0.05, 0) is 61.2 Å². The van der Waals surface area contributed by atoms with Gasteiger partial charge in [0.1, 0.15) is 5.56 Å². The molecule has 1 unspecified atom stereocenters. The van der Waals surface area contributed by atoms with Crippen LogP contribution in [0.5, 0.6) is 0 Å². The van der Waals surface area contributed by atoms with Crippen molar-refractivity contribution in [1.29, 1.82) is 0 Å². The Kier molecular flexibility index (Phi) is 4.52. The number of nitrogens with zero attached hydrogens (tertiary/aromatic N) is 2. The zero-order valence-corrected chi connectivity index (χ0v) is 15.0. The predicted octanol–water partition coefficient (Wildman–Crippen LogP) is 1.47. The molecule has 0 aliphatic heterocycles. The zero-order chi connectivity index (χ0) is 19.7. The second-order valence-corrected chi connectivity index (χ2v) is 6.73. The van der Waals surface area contributed by atoms with Crippen LogP contribution in [-0.2, 0) is 6.42 Å². The molecule has 0 saturated heterocycles. The Hall–Kier alpha value is -3.68. The molecule has 1 aliphatic carbocycles. The van der Waals surface area contributed by atoms with Gasteiger partial charge in [-0.15, -0.1) is 0 Å². The summed E-state index contributed by atoms with van der Waals surface area (Å²) in [6.07, 6.45) is 5.74. The number of aryl methyl sites for hydroxylation is 1. The molecule has 1 aromatic carbocycles. The minimum absolute atomic E-state index is 0.0940. The number of nitrogens with two attached hydrogens (primary N) is 1. The van der Waals surface area contributed by atoms with Gasteiger partial charge in [-0.25, -0.2) is 4.68 Å². The molecule has 8 nitrogen and oxygen atoms in total. The molecule has 8 heteroatoms. The van der Waals surface area contributed by atoms with E-state index in [1.165, 1.54) is 6.07 Å². The molecule has 2 amide bonds. The van der Waals surface area contributed by atoms with Gasteiger partial charge in [0.25, 0.3) is 17.4 Å². The summed E-state index contributed by atoms with van der Waals surface area (Å²) in [6, 6.07) is 10.1. The van der Waals surface area contributed by atoms with Gasteiger partial charge in [0, 0.05) is 23.7 Å². The van der Waals surface area contributed by atoms with Gasteiger partial charge in [-0.2, -0.15) is 5.10 Å². The number of amides is 2. The molecule has 142 valence electrons. The number of pyridine rings is 1. The Morgan fingerprint density at radius 3 is 2.71 bits per heavy atom. The number of hydrogen-bond acceptors (Lipinski definition) is 4. The van der Waals surface area contributed by atoms with Crippen LogP contribution in [0.1, 0.15) is 50.9 Å². The van der Waals surface area contributed by atoms with Crippen molar-refractivity contribution in [2.75, 3.05) is 0 Å². The number of carbonyl (C=O) groups is 2. The summed E-state index contributed by atoms with van der Waals surface area (Å²) in [5.74, 6) is -1.01. The maximum Gasteiger partial charge on any atom is 0.261 e. The number of hydrogen-bond donors (Lipinski definition) is 3. The number of benzene rings is 1. The quantitative estimate of drug-likeness (QED) is 0.637. The highest BCUT2D eigenvalue weighted by molar-refractivity contribution is 5.95. The first kappa shape index (κ1) is 17.7. The third-order valence-electron chi connectivity index (χ3n) is 4.92. The fourth-order valence-electron chi connectivity index (χ4n) is 3.50. The smallest absolute Gasteiger partial charge is 0.261 e. The Morgan fingerprint density at radius 1 is 1.25 bits per heavy atom. The molecule has 4 rings (SSSR count). The molecule has 2 aromatic heterocycles. The SMILES string of the molecule is NC(=O)c1cc2c([nH]c1=O)CCCC2NC(=O)c1ccc(-n2cccn2)cc1. The van der Waals surface area contributed by atoms with Crippen LogP contribution in [0.25, 0.3) is 5.69 Å². The van der Waals surface area contributed by atoms with Crippen LogP contribution in [0.3, 0.4) is 0 Å². The predicted molar refractivity (Wildman–Crippen MR) is 102 cm³/mol. The van der Waals surface area contributed by atoms with Crippen molar-refractivity contribution >= 4 is 11.8 Å². The second kappa shape index (κ2) is 7.15. The molecule has 0 fully saturated rings. The number of H-pyrrole nitrogens is 1. The third kappa shape index (κ3) is 3.32. The minimum atomic E-state index is -0.783. The monoisotopic (exact) mass is 377 g/mol.